The number of fused-ring (bicyclic) bond motifs is 7. The fourth-order valence-electron chi connectivity index (χ4n) is 11.7. The molecule has 8 atom stereocenters. The van der Waals surface area contributed by atoms with Gasteiger partial charge < -0.3 is 20.1 Å². The second-order valence-electron chi connectivity index (χ2n) is 17.7. The molecule has 48 heavy (non-hydrogen) atoms. The number of carbonyl (C=O) groups is 4. The number of nitrogens with one attached hydrogen (secondary N) is 1. The number of ketones is 2. The number of allylic oxidation sites excluding steroid dienone is 3. The lowest BCUT2D eigenvalue weighted by molar-refractivity contribution is -0.240. The molecule has 1 aliphatic heterocycles. The molecule has 0 bridgehead atoms. The molecular formula is C38H54N4O6. The molecule has 1 heterocycles. The molecule has 1 saturated heterocycles. The zero-order valence-electron chi connectivity index (χ0n) is 30.1. The molecule has 0 unspecified atom stereocenters. The van der Waals surface area contributed by atoms with Crippen LogP contribution < -0.4 is 5.32 Å². The van der Waals surface area contributed by atoms with Crippen molar-refractivity contribution in [2.75, 3.05) is 39.8 Å². The topological polar surface area (TPSA) is 140 Å². The fraction of sp³-hybridized carbons (Fsp3) is 0.763. The zero-order chi connectivity index (χ0) is 35.3. The van der Waals surface area contributed by atoms with Crippen molar-refractivity contribution in [1.29, 1.82) is 5.26 Å². The molecule has 2 N–H and O–H groups in total. The molecule has 262 valence electrons. The largest absolute Gasteiger partial charge is 0.453 e. The number of carbonyl (C=O) groups excluding carboxylic acids is 4. The average molecular weight is 663 g/mol. The number of methoxy groups -OCH3 is 1. The van der Waals surface area contributed by atoms with Crippen molar-refractivity contribution in [3.63, 3.8) is 0 Å². The van der Waals surface area contributed by atoms with Gasteiger partial charge in [-0.05, 0) is 80.3 Å². The molecule has 6 rings (SSSR count). The Morgan fingerprint density at radius 1 is 0.979 bits per heavy atom. The molecule has 5 aliphatic carbocycles. The van der Waals surface area contributed by atoms with Crippen LogP contribution in [0.4, 0.5) is 4.79 Å². The van der Waals surface area contributed by atoms with E-state index in [1.165, 1.54) is 7.11 Å². The summed E-state index contributed by atoms with van der Waals surface area (Å²) in [4.78, 5) is 57.1. The minimum atomic E-state index is -1.64. The lowest BCUT2D eigenvalue weighted by Crippen LogP contribution is -2.74. The maximum absolute atomic E-state index is 14.7. The summed E-state index contributed by atoms with van der Waals surface area (Å²) < 4.78 is 4.83. The van der Waals surface area contributed by atoms with Crippen molar-refractivity contribution in [2.45, 2.75) is 105 Å². The minimum Gasteiger partial charge on any atom is -0.453 e. The average Bonchev–Trinajstić information content (AvgIpc) is 3.03. The summed E-state index contributed by atoms with van der Waals surface area (Å²) in [6.07, 6.45) is 8.24. The molecule has 0 radical (unpaired) electrons. The molecule has 2 amide bonds. The van der Waals surface area contributed by atoms with Gasteiger partial charge >= 0.3 is 6.09 Å². The van der Waals surface area contributed by atoms with Crippen LogP contribution in [0.2, 0.25) is 0 Å². The number of nitriles is 1. The quantitative estimate of drug-likeness (QED) is 0.448. The first-order chi connectivity index (χ1) is 22.2. The third-order valence-electron chi connectivity index (χ3n) is 14.9. The number of hydrogen-bond acceptors (Lipinski definition) is 8. The maximum Gasteiger partial charge on any atom is 0.409 e. The Bertz CT molecular complexity index is 1550. The highest BCUT2D eigenvalue weighted by molar-refractivity contribution is 6.05. The standard InChI is InChI=1S/C38H54N4O6/c1-32(2)25-9-10-36(6)26(35(25,5)20-24(22-39)30(32)45)19-28(43)38(47)27-21-34(4,13-11-33(27,3)12-14-37(36,38)7)40-29(44)23-41-15-17-42(18-16-41)31(46)48-8/h19-20,25,27,47H,9-18,21,23H2,1-8H3,(H,40,44)/t25-,27+,33+,34-,35-,36+,37-,38+/m0/s1. The van der Waals surface area contributed by atoms with Gasteiger partial charge in [0.25, 0.3) is 0 Å². The van der Waals surface area contributed by atoms with E-state index in [-0.39, 0.29) is 52.9 Å². The Balaban J connectivity index is 1.30. The van der Waals surface area contributed by atoms with E-state index in [0.29, 0.717) is 39.0 Å². The van der Waals surface area contributed by atoms with Gasteiger partial charge in [0.1, 0.15) is 11.7 Å². The molecule has 3 saturated carbocycles. The number of hydrogen-bond donors (Lipinski definition) is 2. The number of nitrogens with zero attached hydrogens (tertiary/aromatic N) is 3. The molecule has 0 aromatic heterocycles. The lowest BCUT2D eigenvalue weighted by atomic mass is 9.33. The van der Waals surface area contributed by atoms with Gasteiger partial charge in [-0.15, -0.1) is 0 Å². The second-order valence-corrected chi connectivity index (χ2v) is 17.7. The van der Waals surface area contributed by atoms with E-state index in [4.69, 9.17) is 4.74 Å². The predicted molar refractivity (Wildman–Crippen MR) is 179 cm³/mol. The summed E-state index contributed by atoms with van der Waals surface area (Å²) in [6, 6.07) is 2.15. The van der Waals surface area contributed by atoms with E-state index in [2.05, 4.69) is 39.1 Å². The van der Waals surface area contributed by atoms with Crippen LogP contribution >= 0.6 is 0 Å². The van der Waals surface area contributed by atoms with Crippen LogP contribution in [-0.4, -0.2) is 89.4 Å². The van der Waals surface area contributed by atoms with Crippen molar-refractivity contribution in [3.05, 3.63) is 23.3 Å². The molecular weight excluding hydrogens is 608 g/mol. The van der Waals surface area contributed by atoms with E-state index in [9.17, 15) is 29.5 Å². The predicted octanol–water partition coefficient (Wildman–Crippen LogP) is 4.57. The van der Waals surface area contributed by atoms with Gasteiger partial charge in [0.05, 0.1) is 19.2 Å². The summed E-state index contributed by atoms with van der Waals surface area (Å²) >= 11 is 0. The smallest absolute Gasteiger partial charge is 0.409 e. The highest BCUT2D eigenvalue weighted by atomic mass is 16.5. The van der Waals surface area contributed by atoms with Crippen LogP contribution in [0.5, 0.6) is 0 Å². The second kappa shape index (κ2) is 11.0. The molecule has 0 aromatic carbocycles. The van der Waals surface area contributed by atoms with E-state index >= 15 is 0 Å². The van der Waals surface area contributed by atoms with Crippen molar-refractivity contribution in [3.8, 4) is 6.07 Å². The molecule has 6 aliphatic rings. The van der Waals surface area contributed by atoms with Crippen molar-refractivity contribution < 1.29 is 29.0 Å². The summed E-state index contributed by atoms with van der Waals surface area (Å²) in [5.74, 6) is -0.948. The Labute approximate surface area is 285 Å². The van der Waals surface area contributed by atoms with E-state index < -0.39 is 32.8 Å². The molecule has 0 aromatic rings. The number of amides is 2. The normalized spacial score (nSPS) is 43.7. The Kier molecular flexibility index (Phi) is 7.97. The third-order valence-corrected chi connectivity index (χ3v) is 14.9. The maximum atomic E-state index is 14.7. The monoisotopic (exact) mass is 662 g/mol. The van der Waals surface area contributed by atoms with Gasteiger partial charge in [0.15, 0.2) is 11.6 Å². The summed E-state index contributed by atoms with van der Waals surface area (Å²) in [7, 11) is 1.37. The van der Waals surface area contributed by atoms with Crippen molar-refractivity contribution in [1.82, 2.24) is 15.1 Å². The highest BCUT2D eigenvalue weighted by Crippen LogP contribution is 2.75. The zero-order valence-corrected chi connectivity index (χ0v) is 30.1. The Hall–Kier alpha value is -3.03. The highest BCUT2D eigenvalue weighted by Gasteiger charge is 2.75. The van der Waals surface area contributed by atoms with Gasteiger partial charge in [-0.3, -0.25) is 19.3 Å². The molecule has 0 spiro atoms. The van der Waals surface area contributed by atoms with E-state index in [1.54, 1.807) is 11.0 Å². The van der Waals surface area contributed by atoms with Gasteiger partial charge in [-0.2, -0.15) is 5.26 Å². The van der Waals surface area contributed by atoms with Gasteiger partial charge in [0, 0.05) is 53.9 Å². The Morgan fingerprint density at radius 2 is 1.62 bits per heavy atom. The van der Waals surface area contributed by atoms with Crippen LogP contribution in [-0.2, 0) is 19.1 Å². The van der Waals surface area contributed by atoms with Crippen LogP contribution in [0.1, 0.15) is 93.4 Å². The van der Waals surface area contributed by atoms with Crippen LogP contribution in [0, 0.1) is 50.2 Å². The summed E-state index contributed by atoms with van der Waals surface area (Å²) in [5, 5.41) is 26.4. The molecule has 4 fully saturated rings. The van der Waals surface area contributed by atoms with Gasteiger partial charge in [-0.25, -0.2) is 4.79 Å². The SMILES string of the molecule is COC(=O)N1CCN(CC(=O)N[C@@]2(C)CC[C@]3(C)CC[C@@]4(C)[C@]5(C)CC[C@H]6C(C)(C)C(=O)C(C#N)=C[C@]6(C)C5=CC(=O)[C@]4(O)[C@@H]3C2)CC1. The fourth-order valence-corrected chi connectivity index (χ4v) is 11.7. The van der Waals surface area contributed by atoms with Crippen LogP contribution in [0.25, 0.3) is 0 Å². The Morgan fingerprint density at radius 3 is 2.25 bits per heavy atom. The van der Waals surface area contributed by atoms with Gasteiger partial charge in [0.2, 0.25) is 5.91 Å². The summed E-state index contributed by atoms with van der Waals surface area (Å²) in [5.41, 5.74) is -4.16. The van der Waals surface area contributed by atoms with E-state index in [1.807, 2.05) is 31.7 Å². The minimum absolute atomic E-state index is 0.0676. The molecule has 10 heteroatoms. The first-order valence-corrected chi connectivity index (χ1v) is 17.8. The molecule has 10 nitrogen and oxygen atoms in total. The number of piperazine rings is 1. The first-order valence-electron chi connectivity index (χ1n) is 17.8. The first kappa shape index (κ1) is 34.8. The number of aliphatic hydroxyl groups is 1. The van der Waals surface area contributed by atoms with E-state index in [0.717, 1.165) is 37.7 Å². The third kappa shape index (κ3) is 4.62. The number of Topliss-reactive ketones (excluding diaryl/α,β-unsaturated/α-hetero) is 1. The van der Waals surface area contributed by atoms with Crippen LogP contribution in [0.15, 0.2) is 23.3 Å². The summed E-state index contributed by atoms with van der Waals surface area (Å²) in [6.45, 7) is 16.9. The number of ether oxygens (including phenoxy) is 1. The lowest BCUT2D eigenvalue weighted by Gasteiger charge is -2.71. The number of rotatable bonds is 3. The van der Waals surface area contributed by atoms with Crippen LogP contribution in [0.3, 0.4) is 0 Å². The van der Waals surface area contributed by atoms with Gasteiger partial charge in [-0.1, -0.05) is 47.6 Å². The van der Waals surface area contributed by atoms with Crippen molar-refractivity contribution >= 4 is 23.6 Å². The van der Waals surface area contributed by atoms with Crippen molar-refractivity contribution in [2.24, 2.45) is 38.9 Å².